The molecule has 2 aromatic heterocycles. The van der Waals surface area contributed by atoms with E-state index in [1.807, 2.05) is 0 Å². The molecule has 49 heavy (non-hydrogen) atoms. The maximum absolute atomic E-state index is 3.62. The van der Waals surface area contributed by atoms with Gasteiger partial charge in [0.1, 0.15) is 0 Å². The fraction of sp³-hybridized carbons (Fsp3) is 0.0638. The summed E-state index contributed by atoms with van der Waals surface area (Å²) in [5, 5.41) is 0. The Labute approximate surface area is 288 Å². The average Bonchev–Trinajstić information content (AvgIpc) is 3.82. The quantitative estimate of drug-likeness (QED) is 0.167. The minimum Gasteiger partial charge on any atom is -0.360 e. The Kier molecular flexibility index (Phi) is 7.91. The highest BCUT2D eigenvalue weighted by Gasteiger charge is 2.25. The summed E-state index contributed by atoms with van der Waals surface area (Å²) in [6.07, 6.45) is 4.28. The van der Waals surface area contributed by atoms with Crippen LogP contribution in [0.25, 0.3) is 67.0 Å². The molecule has 0 radical (unpaired) electrons. The minimum absolute atomic E-state index is 0.183. The lowest BCUT2D eigenvalue weighted by atomic mass is 9.77. The van der Waals surface area contributed by atoms with Gasteiger partial charge in [-0.05, 0) is 44.5 Å². The molecule has 236 valence electrons. The molecule has 8 rings (SSSR count). The molecule has 0 fully saturated rings. The van der Waals surface area contributed by atoms with Gasteiger partial charge in [0.2, 0.25) is 0 Å². The Morgan fingerprint density at radius 2 is 0.633 bits per heavy atom. The zero-order valence-corrected chi connectivity index (χ0v) is 27.8. The molecule has 8 aromatic rings. The monoisotopic (exact) mass is 630 g/mol. The molecule has 0 spiro atoms. The van der Waals surface area contributed by atoms with Crippen LogP contribution in [0.4, 0.5) is 0 Å². The molecule has 0 bridgehead atoms. The first-order chi connectivity index (χ1) is 24.1. The standard InChI is InChI=1S/C47H38N2/c1-47(2,39-27-23-37(24-28-39)45-43(35-19-11-5-12-20-35)41(31-48-45)33-15-7-3-8-16-33)40-29-25-38(26-30-40)46-44(36-21-13-6-14-22-36)42(32-49-46)34-17-9-4-10-18-34/h3-32,48-49H,1-2H3. The number of aromatic nitrogens is 2. The number of nitrogens with one attached hydrogen (secondary N) is 2. The SMILES string of the molecule is CC(C)(c1ccc(-c2[nH]cc(-c3ccccc3)c2-c2ccccc2)cc1)c1ccc(-c2[nH]cc(-c3ccccc3)c2-c2ccccc2)cc1. The van der Waals surface area contributed by atoms with Crippen molar-refractivity contribution in [1.29, 1.82) is 0 Å². The third kappa shape index (κ3) is 5.72. The molecule has 0 saturated carbocycles. The summed E-state index contributed by atoms with van der Waals surface area (Å²) in [5.41, 5.74) is 16.7. The van der Waals surface area contributed by atoms with E-state index in [1.165, 1.54) is 66.8 Å². The molecule has 0 amide bonds. The van der Waals surface area contributed by atoms with E-state index in [-0.39, 0.29) is 5.41 Å². The molecule has 6 aromatic carbocycles. The van der Waals surface area contributed by atoms with Crippen LogP contribution in [0.1, 0.15) is 25.0 Å². The minimum atomic E-state index is -0.183. The van der Waals surface area contributed by atoms with Gasteiger partial charge in [-0.15, -0.1) is 0 Å². The Hall–Kier alpha value is -6.12. The number of hydrogen-bond donors (Lipinski definition) is 2. The average molecular weight is 631 g/mol. The summed E-state index contributed by atoms with van der Waals surface area (Å²) in [6.45, 7) is 4.62. The number of rotatable bonds is 8. The van der Waals surface area contributed by atoms with E-state index >= 15 is 0 Å². The second-order valence-corrected chi connectivity index (χ2v) is 13.1. The predicted molar refractivity (Wildman–Crippen MR) is 206 cm³/mol. The van der Waals surface area contributed by atoms with Crippen molar-refractivity contribution in [3.8, 4) is 67.0 Å². The van der Waals surface area contributed by atoms with Crippen molar-refractivity contribution in [2.75, 3.05) is 0 Å². The van der Waals surface area contributed by atoms with E-state index in [1.54, 1.807) is 0 Å². The first-order valence-corrected chi connectivity index (χ1v) is 16.9. The Morgan fingerprint density at radius 1 is 0.327 bits per heavy atom. The van der Waals surface area contributed by atoms with Gasteiger partial charge in [-0.2, -0.15) is 0 Å². The molecular formula is C47H38N2. The number of aromatic amines is 2. The number of H-pyrrole nitrogens is 2. The smallest absolute Gasteiger partial charge is 0.0540 e. The zero-order valence-electron chi connectivity index (χ0n) is 27.8. The van der Waals surface area contributed by atoms with Gasteiger partial charge in [0.05, 0.1) is 11.4 Å². The topological polar surface area (TPSA) is 31.6 Å². The van der Waals surface area contributed by atoms with E-state index in [9.17, 15) is 0 Å². The first-order valence-electron chi connectivity index (χ1n) is 16.9. The summed E-state index contributed by atoms with van der Waals surface area (Å²) in [4.78, 5) is 7.25. The second-order valence-electron chi connectivity index (χ2n) is 13.1. The van der Waals surface area contributed by atoms with Crippen LogP contribution in [0.2, 0.25) is 0 Å². The van der Waals surface area contributed by atoms with Gasteiger partial charge in [-0.3, -0.25) is 0 Å². The summed E-state index contributed by atoms with van der Waals surface area (Å²) >= 11 is 0. The lowest BCUT2D eigenvalue weighted by Crippen LogP contribution is -2.18. The molecule has 0 aliphatic heterocycles. The van der Waals surface area contributed by atoms with E-state index in [0.29, 0.717) is 0 Å². The van der Waals surface area contributed by atoms with Crippen LogP contribution < -0.4 is 0 Å². The maximum Gasteiger partial charge on any atom is 0.0540 e. The largest absolute Gasteiger partial charge is 0.360 e. The summed E-state index contributed by atoms with van der Waals surface area (Å²) in [7, 11) is 0. The fourth-order valence-corrected chi connectivity index (χ4v) is 7.08. The first kappa shape index (κ1) is 30.2. The van der Waals surface area contributed by atoms with Crippen molar-refractivity contribution in [3.63, 3.8) is 0 Å². The zero-order chi connectivity index (χ0) is 33.2. The van der Waals surface area contributed by atoms with Crippen LogP contribution in [0.3, 0.4) is 0 Å². The molecule has 0 atom stereocenters. The van der Waals surface area contributed by atoms with Gasteiger partial charge in [0, 0.05) is 40.1 Å². The summed E-state index contributed by atoms with van der Waals surface area (Å²) in [6, 6.07) is 60.8. The number of hydrogen-bond acceptors (Lipinski definition) is 0. The predicted octanol–water partition coefficient (Wildman–Crippen LogP) is 12.7. The van der Waals surface area contributed by atoms with Crippen molar-refractivity contribution in [2.45, 2.75) is 19.3 Å². The van der Waals surface area contributed by atoms with E-state index in [2.05, 4.69) is 206 Å². The van der Waals surface area contributed by atoms with Crippen molar-refractivity contribution in [3.05, 3.63) is 193 Å². The summed E-state index contributed by atoms with van der Waals surface area (Å²) < 4.78 is 0. The highest BCUT2D eigenvalue weighted by molar-refractivity contribution is 5.94. The Bertz CT molecular complexity index is 2130. The van der Waals surface area contributed by atoms with Crippen LogP contribution in [-0.2, 0) is 5.41 Å². The third-order valence-corrected chi connectivity index (χ3v) is 9.85. The van der Waals surface area contributed by atoms with E-state index in [0.717, 1.165) is 11.4 Å². The van der Waals surface area contributed by atoms with Gasteiger partial charge in [-0.25, -0.2) is 0 Å². The van der Waals surface area contributed by atoms with Gasteiger partial charge in [-0.1, -0.05) is 184 Å². The van der Waals surface area contributed by atoms with Gasteiger partial charge in [0.15, 0.2) is 0 Å². The van der Waals surface area contributed by atoms with Crippen molar-refractivity contribution < 1.29 is 0 Å². The van der Waals surface area contributed by atoms with Gasteiger partial charge >= 0.3 is 0 Å². The second kappa shape index (κ2) is 12.8. The highest BCUT2D eigenvalue weighted by atomic mass is 14.7. The normalized spacial score (nSPS) is 11.5. The molecule has 2 nitrogen and oxygen atoms in total. The molecule has 0 saturated heterocycles. The lowest BCUT2D eigenvalue weighted by Gasteiger charge is -2.26. The van der Waals surface area contributed by atoms with Crippen LogP contribution in [0.15, 0.2) is 182 Å². The highest BCUT2D eigenvalue weighted by Crippen LogP contribution is 2.43. The van der Waals surface area contributed by atoms with Gasteiger partial charge in [0.25, 0.3) is 0 Å². The van der Waals surface area contributed by atoms with E-state index < -0.39 is 0 Å². The van der Waals surface area contributed by atoms with Crippen molar-refractivity contribution in [2.24, 2.45) is 0 Å². The summed E-state index contributed by atoms with van der Waals surface area (Å²) in [5.74, 6) is 0. The van der Waals surface area contributed by atoms with Gasteiger partial charge < -0.3 is 9.97 Å². The lowest BCUT2D eigenvalue weighted by molar-refractivity contribution is 0.641. The molecule has 2 heterocycles. The van der Waals surface area contributed by atoms with Crippen molar-refractivity contribution >= 4 is 0 Å². The number of benzene rings is 6. The molecular weight excluding hydrogens is 593 g/mol. The van der Waals surface area contributed by atoms with Crippen LogP contribution in [-0.4, -0.2) is 9.97 Å². The molecule has 2 N–H and O–H groups in total. The molecule has 2 heteroatoms. The van der Waals surface area contributed by atoms with Crippen LogP contribution >= 0.6 is 0 Å². The van der Waals surface area contributed by atoms with E-state index in [4.69, 9.17) is 0 Å². The molecule has 0 unspecified atom stereocenters. The Morgan fingerprint density at radius 3 is 0.959 bits per heavy atom. The van der Waals surface area contributed by atoms with Crippen LogP contribution in [0.5, 0.6) is 0 Å². The van der Waals surface area contributed by atoms with Crippen LogP contribution in [0, 0.1) is 0 Å². The fourth-order valence-electron chi connectivity index (χ4n) is 7.08. The van der Waals surface area contributed by atoms with Crippen molar-refractivity contribution in [1.82, 2.24) is 9.97 Å². The molecule has 0 aliphatic carbocycles. The molecule has 0 aliphatic rings. The Balaban J connectivity index is 1.12. The maximum atomic E-state index is 3.62. The third-order valence-electron chi connectivity index (χ3n) is 9.85.